The molecule has 0 spiro atoms. The normalized spacial score (nSPS) is 12.1. The van der Waals surface area contributed by atoms with E-state index in [1.807, 2.05) is 0 Å². The maximum atomic E-state index is 12.9. The van der Waals surface area contributed by atoms with Crippen molar-refractivity contribution in [3.05, 3.63) is 58.5 Å². The van der Waals surface area contributed by atoms with Gasteiger partial charge in [0.15, 0.2) is 10.8 Å². The van der Waals surface area contributed by atoms with Crippen LogP contribution in [0.4, 0.5) is 13.2 Å². The standard InChI is InChI=1S/C15H9F3N6OS/c16-15(17,18)9-5-6-12-20-21-14(23(12)7-9)26-8-24-13(25)10-3-1-2-4-11(10)19-22-24/h1-7H,8H2. The fraction of sp³-hybridized carbons (Fsp3) is 0.133. The minimum absolute atomic E-state index is 0.0354. The smallest absolute Gasteiger partial charge is 0.277 e. The van der Waals surface area contributed by atoms with Crippen molar-refractivity contribution < 1.29 is 13.2 Å². The summed E-state index contributed by atoms with van der Waals surface area (Å²) in [5, 5.41) is 16.1. The molecule has 0 saturated heterocycles. The predicted molar refractivity (Wildman–Crippen MR) is 87.6 cm³/mol. The Bertz CT molecular complexity index is 1170. The zero-order valence-corrected chi connectivity index (χ0v) is 13.7. The largest absolute Gasteiger partial charge is 0.417 e. The SMILES string of the molecule is O=c1c2ccccc2nnn1CSc1nnc2ccc(C(F)(F)F)cn12. The molecule has 11 heteroatoms. The highest BCUT2D eigenvalue weighted by Crippen LogP contribution is 2.30. The first kappa shape index (κ1) is 16.5. The van der Waals surface area contributed by atoms with Gasteiger partial charge < -0.3 is 0 Å². The second-order valence-electron chi connectivity index (χ2n) is 5.31. The maximum Gasteiger partial charge on any atom is 0.417 e. The molecule has 0 radical (unpaired) electrons. The van der Waals surface area contributed by atoms with Gasteiger partial charge in [-0.25, -0.2) is 0 Å². The number of thioether (sulfide) groups is 1. The molecule has 0 unspecified atom stereocenters. The first-order chi connectivity index (χ1) is 12.4. The molecular formula is C15H9F3N6OS. The molecule has 0 fully saturated rings. The molecule has 0 N–H and O–H groups in total. The van der Waals surface area contributed by atoms with Crippen LogP contribution in [0.15, 0.2) is 52.5 Å². The quantitative estimate of drug-likeness (QED) is 0.510. The molecule has 4 rings (SSSR count). The molecule has 0 atom stereocenters. The molecule has 0 amide bonds. The summed E-state index contributed by atoms with van der Waals surface area (Å²) in [7, 11) is 0. The number of benzene rings is 1. The van der Waals surface area contributed by atoms with E-state index >= 15 is 0 Å². The Hall–Kier alpha value is -2.95. The van der Waals surface area contributed by atoms with Crippen LogP contribution in [0.25, 0.3) is 16.6 Å². The Kier molecular flexibility index (Phi) is 3.87. The summed E-state index contributed by atoms with van der Waals surface area (Å²) in [6.45, 7) is 0. The molecule has 0 aliphatic carbocycles. The fourth-order valence-corrected chi connectivity index (χ4v) is 3.15. The lowest BCUT2D eigenvalue weighted by molar-refractivity contribution is -0.137. The van der Waals surface area contributed by atoms with Crippen molar-refractivity contribution in [3.8, 4) is 0 Å². The monoisotopic (exact) mass is 378 g/mol. The third-order valence-electron chi connectivity index (χ3n) is 3.64. The Morgan fingerprint density at radius 1 is 1.04 bits per heavy atom. The zero-order valence-electron chi connectivity index (χ0n) is 12.9. The molecule has 3 aromatic heterocycles. The highest BCUT2D eigenvalue weighted by atomic mass is 32.2. The lowest BCUT2D eigenvalue weighted by Gasteiger charge is -2.07. The molecule has 1 aromatic carbocycles. The minimum atomic E-state index is -4.47. The maximum absolute atomic E-state index is 12.9. The van der Waals surface area contributed by atoms with Crippen LogP contribution in [0, 0.1) is 0 Å². The molecule has 7 nitrogen and oxygen atoms in total. The average Bonchev–Trinajstić information content (AvgIpc) is 3.03. The summed E-state index contributed by atoms with van der Waals surface area (Å²) in [5.74, 6) is 0.0354. The van der Waals surface area contributed by atoms with E-state index in [0.717, 1.165) is 28.7 Å². The summed E-state index contributed by atoms with van der Waals surface area (Å²) < 4.78 is 41.0. The Morgan fingerprint density at radius 2 is 1.85 bits per heavy atom. The van der Waals surface area contributed by atoms with Crippen LogP contribution in [0.3, 0.4) is 0 Å². The summed E-state index contributed by atoms with van der Waals surface area (Å²) in [6.07, 6.45) is -3.55. The van der Waals surface area contributed by atoms with E-state index in [-0.39, 0.29) is 22.2 Å². The number of nitrogens with zero attached hydrogens (tertiary/aromatic N) is 6. The number of rotatable bonds is 3. The second kappa shape index (κ2) is 6.09. The van der Waals surface area contributed by atoms with Crippen molar-refractivity contribution in [2.24, 2.45) is 0 Å². The molecule has 0 saturated carbocycles. The van der Waals surface area contributed by atoms with Gasteiger partial charge in [-0.1, -0.05) is 29.1 Å². The van der Waals surface area contributed by atoms with Gasteiger partial charge in [0.2, 0.25) is 0 Å². The van der Waals surface area contributed by atoms with Gasteiger partial charge in [-0.15, -0.1) is 15.3 Å². The first-order valence-electron chi connectivity index (χ1n) is 7.31. The van der Waals surface area contributed by atoms with Crippen LogP contribution in [-0.2, 0) is 12.1 Å². The Labute approximate surface area is 147 Å². The van der Waals surface area contributed by atoms with Crippen LogP contribution in [0.2, 0.25) is 0 Å². The van der Waals surface area contributed by atoms with E-state index in [1.165, 1.54) is 10.5 Å². The molecule has 3 heterocycles. The van der Waals surface area contributed by atoms with E-state index in [0.29, 0.717) is 10.9 Å². The number of halogens is 3. The summed E-state index contributed by atoms with van der Waals surface area (Å²) in [6, 6.07) is 8.95. The number of hydrogen-bond acceptors (Lipinski definition) is 6. The number of hydrogen-bond donors (Lipinski definition) is 0. The Morgan fingerprint density at radius 3 is 2.65 bits per heavy atom. The molecule has 26 heavy (non-hydrogen) atoms. The Balaban J connectivity index is 1.66. The lowest BCUT2D eigenvalue weighted by atomic mass is 10.2. The third kappa shape index (κ3) is 2.90. The van der Waals surface area contributed by atoms with Crippen molar-refractivity contribution in [2.75, 3.05) is 0 Å². The van der Waals surface area contributed by atoms with Crippen LogP contribution in [0.1, 0.15) is 5.56 Å². The van der Waals surface area contributed by atoms with Crippen LogP contribution in [-0.4, -0.2) is 29.6 Å². The number of alkyl halides is 3. The molecular weight excluding hydrogens is 369 g/mol. The summed E-state index contributed by atoms with van der Waals surface area (Å²) >= 11 is 1.03. The van der Waals surface area contributed by atoms with Gasteiger partial charge in [0.05, 0.1) is 16.8 Å². The number of pyridine rings is 1. The zero-order chi connectivity index (χ0) is 18.3. The van der Waals surface area contributed by atoms with Crippen molar-refractivity contribution in [1.29, 1.82) is 0 Å². The van der Waals surface area contributed by atoms with Crippen LogP contribution >= 0.6 is 11.8 Å². The second-order valence-corrected chi connectivity index (χ2v) is 6.22. The van der Waals surface area contributed by atoms with Crippen molar-refractivity contribution in [3.63, 3.8) is 0 Å². The predicted octanol–water partition coefficient (Wildman–Crippen LogP) is 2.60. The molecule has 4 aromatic rings. The van der Waals surface area contributed by atoms with Crippen LogP contribution in [0.5, 0.6) is 0 Å². The van der Waals surface area contributed by atoms with Gasteiger partial charge in [-0.2, -0.15) is 17.9 Å². The average molecular weight is 378 g/mol. The van der Waals surface area contributed by atoms with Gasteiger partial charge >= 0.3 is 6.18 Å². The lowest BCUT2D eigenvalue weighted by Crippen LogP contribution is -2.23. The number of aromatic nitrogens is 6. The van der Waals surface area contributed by atoms with Gasteiger partial charge in [-0.3, -0.25) is 9.20 Å². The summed E-state index contributed by atoms with van der Waals surface area (Å²) in [4.78, 5) is 12.4. The van der Waals surface area contributed by atoms with E-state index in [4.69, 9.17) is 0 Å². The van der Waals surface area contributed by atoms with E-state index < -0.39 is 11.7 Å². The van der Waals surface area contributed by atoms with Crippen molar-refractivity contribution >= 4 is 28.3 Å². The fourth-order valence-electron chi connectivity index (χ4n) is 2.36. The molecule has 132 valence electrons. The van der Waals surface area contributed by atoms with E-state index in [9.17, 15) is 18.0 Å². The molecule has 0 bridgehead atoms. The van der Waals surface area contributed by atoms with Gasteiger partial charge in [0.25, 0.3) is 5.56 Å². The van der Waals surface area contributed by atoms with Crippen molar-refractivity contribution in [2.45, 2.75) is 17.2 Å². The molecule has 0 aliphatic heterocycles. The van der Waals surface area contributed by atoms with Gasteiger partial charge in [0.1, 0.15) is 5.52 Å². The first-order valence-corrected chi connectivity index (χ1v) is 8.29. The third-order valence-corrected chi connectivity index (χ3v) is 4.55. The minimum Gasteiger partial charge on any atom is -0.277 e. The summed E-state index contributed by atoms with van der Waals surface area (Å²) in [5.41, 5.74) is -0.402. The van der Waals surface area contributed by atoms with Crippen molar-refractivity contribution in [1.82, 2.24) is 29.6 Å². The highest BCUT2D eigenvalue weighted by Gasteiger charge is 2.31. The van der Waals surface area contributed by atoms with Gasteiger partial charge in [-0.05, 0) is 24.3 Å². The van der Waals surface area contributed by atoms with E-state index in [1.54, 1.807) is 24.3 Å². The van der Waals surface area contributed by atoms with Crippen LogP contribution < -0.4 is 5.56 Å². The highest BCUT2D eigenvalue weighted by molar-refractivity contribution is 7.98. The number of fused-ring (bicyclic) bond motifs is 2. The molecule has 0 aliphatic rings. The topological polar surface area (TPSA) is 78.0 Å². The van der Waals surface area contributed by atoms with Gasteiger partial charge in [0, 0.05) is 6.20 Å². The van der Waals surface area contributed by atoms with E-state index in [2.05, 4.69) is 20.5 Å².